The summed E-state index contributed by atoms with van der Waals surface area (Å²) in [7, 11) is 1.65. The second-order valence-corrected chi connectivity index (χ2v) is 5.50. The zero-order valence-corrected chi connectivity index (χ0v) is 13.3. The number of rotatable bonds is 7. The van der Waals surface area contributed by atoms with Gasteiger partial charge in [-0.3, -0.25) is 0 Å². The van der Waals surface area contributed by atoms with Crippen LogP contribution in [0.15, 0.2) is 18.2 Å². The lowest BCUT2D eigenvalue weighted by Gasteiger charge is -2.17. The van der Waals surface area contributed by atoms with Crippen LogP contribution in [0.25, 0.3) is 0 Å². The van der Waals surface area contributed by atoms with Crippen LogP contribution in [0.4, 0.5) is 0 Å². The summed E-state index contributed by atoms with van der Waals surface area (Å²) in [6, 6.07) is 5.97. The summed E-state index contributed by atoms with van der Waals surface area (Å²) < 4.78 is 22.1. The summed E-state index contributed by atoms with van der Waals surface area (Å²) in [6.07, 6.45) is 0.101. The summed E-state index contributed by atoms with van der Waals surface area (Å²) in [5.41, 5.74) is 1.15. The number of ether oxygens (including phenoxy) is 4. The molecule has 0 spiro atoms. The predicted octanol–water partition coefficient (Wildman–Crippen LogP) is 2.33. The van der Waals surface area contributed by atoms with Crippen LogP contribution in [0.1, 0.15) is 26.3 Å². The highest BCUT2D eigenvalue weighted by Gasteiger charge is 2.32. The maximum atomic E-state index is 5.75. The lowest BCUT2D eigenvalue weighted by molar-refractivity contribution is -0.137. The minimum atomic E-state index is -0.464. The molecular weight excluding hydrogens is 270 g/mol. The smallest absolute Gasteiger partial charge is 0.163 e. The molecule has 118 valence electrons. The van der Waals surface area contributed by atoms with Gasteiger partial charge in [0, 0.05) is 13.1 Å². The fourth-order valence-corrected chi connectivity index (χ4v) is 2.34. The zero-order chi connectivity index (χ0) is 15.3. The van der Waals surface area contributed by atoms with Gasteiger partial charge in [-0.25, -0.2) is 0 Å². The zero-order valence-electron chi connectivity index (χ0n) is 13.3. The Morgan fingerprint density at radius 2 is 2.14 bits per heavy atom. The monoisotopic (exact) mass is 295 g/mol. The maximum absolute atomic E-state index is 5.75. The third kappa shape index (κ3) is 4.59. The van der Waals surface area contributed by atoms with Crippen LogP contribution < -0.4 is 14.8 Å². The fraction of sp³-hybridized carbons (Fsp3) is 0.625. The second-order valence-electron chi connectivity index (χ2n) is 5.50. The van der Waals surface area contributed by atoms with Gasteiger partial charge >= 0.3 is 0 Å². The second kappa shape index (κ2) is 7.11. The third-order valence-corrected chi connectivity index (χ3v) is 3.30. The lowest BCUT2D eigenvalue weighted by atomic mass is 10.2. The van der Waals surface area contributed by atoms with Gasteiger partial charge in [-0.1, -0.05) is 6.07 Å². The first-order valence-electron chi connectivity index (χ1n) is 7.36. The van der Waals surface area contributed by atoms with Gasteiger partial charge < -0.3 is 24.3 Å². The van der Waals surface area contributed by atoms with E-state index in [1.165, 1.54) is 0 Å². The van der Waals surface area contributed by atoms with Gasteiger partial charge in [-0.15, -0.1) is 0 Å². The van der Waals surface area contributed by atoms with Crippen LogP contribution in [-0.4, -0.2) is 38.8 Å². The minimum Gasteiger partial charge on any atom is -0.493 e. The first kappa shape index (κ1) is 16.1. The van der Waals surface area contributed by atoms with E-state index < -0.39 is 5.79 Å². The van der Waals surface area contributed by atoms with E-state index in [-0.39, 0.29) is 6.10 Å². The molecule has 1 aliphatic rings. The Bertz CT molecular complexity index is 462. The maximum Gasteiger partial charge on any atom is 0.163 e. The van der Waals surface area contributed by atoms with E-state index in [0.29, 0.717) is 13.2 Å². The molecule has 0 aromatic heterocycles. The Morgan fingerprint density at radius 3 is 2.76 bits per heavy atom. The number of hydrogen-bond donors (Lipinski definition) is 1. The Labute approximate surface area is 126 Å². The summed E-state index contributed by atoms with van der Waals surface area (Å²) >= 11 is 0. The van der Waals surface area contributed by atoms with Gasteiger partial charge in [0.2, 0.25) is 0 Å². The van der Waals surface area contributed by atoms with E-state index in [1.54, 1.807) is 7.11 Å². The van der Waals surface area contributed by atoms with Crippen molar-refractivity contribution in [3.63, 3.8) is 0 Å². The molecule has 1 N–H and O–H groups in total. The Morgan fingerprint density at radius 1 is 1.33 bits per heavy atom. The van der Waals surface area contributed by atoms with Crippen molar-refractivity contribution in [1.82, 2.24) is 5.32 Å². The summed E-state index contributed by atoms with van der Waals surface area (Å²) in [5, 5.41) is 3.38. The molecule has 0 amide bonds. The van der Waals surface area contributed by atoms with Gasteiger partial charge in [-0.2, -0.15) is 0 Å². The summed E-state index contributed by atoms with van der Waals surface area (Å²) in [5.74, 6) is 1.07. The van der Waals surface area contributed by atoms with Crippen molar-refractivity contribution in [2.45, 2.75) is 39.2 Å². The Balaban J connectivity index is 1.83. The van der Waals surface area contributed by atoms with Gasteiger partial charge in [-0.05, 0) is 38.5 Å². The number of methoxy groups -OCH3 is 1. The normalized spacial score (nSPS) is 20.5. The molecular formula is C16H25NO4. The summed E-state index contributed by atoms with van der Waals surface area (Å²) in [6.45, 7) is 8.60. The molecule has 1 heterocycles. The molecule has 0 radical (unpaired) electrons. The third-order valence-electron chi connectivity index (χ3n) is 3.30. The van der Waals surface area contributed by atoms with E-state index >= 15 is 0 Å². The van der Waals surface area contributed by atoms with E-state index in [9.17, 15) is 0 Å². The predicted molar refractivity (Wildman–Crippen MR) is 80.8 cm³/mol. The highest BCUT2D eigenvalue weighted by Crippen LogP contribution is 2.28. The molecule has 5 nitrogen and oxygen atoms in total. The van der Waals surface area contributed by atoms with Crippen molar-refractivity contribution in [2.24, 2.45) is 0 Å². The highest BCUT2D eigenvalue weighted by molar-refractivity contribution is 5.42. The topological polar surface area (TPSA) is 49.0 Å². The van der Waals surface area contributed by atoms with Crippen molar-refractivity contribution in [1.29, 1.82) is 0 Å². The van der Waals surface area contributed by atoms with Crippen LogP contribution in [0.2, 0.25) is 0 Å². The molecule has 0 saturated carbocycles. The molecule has 5 heteroatoms. The average Bonchev–Trinajstić information content (AvgIpc) is 2.80. The average molecular weight is 295 g/mol. The van der Waals surface area contributed by atoms with Crippen LogP contribution in [0.3, 0.4) is 0 Å². The van der Waals surface area contributed by atoms with Gasteiger partial charge in [0.15, 0.2) is 17.3 Å². The molecule has 1 saturated heterocycles. The van der Waals surface area contributed by atoms with Crippen LogP contribution >= 0.6 is 0 Å². The van der Waals surface area contributed by atoms with E-state index in [2.05, 4.69) is 5.32 Å². The molecule has 0 aliphatic carbocycles. The quantitative estimate of drug-likeness (QED) is 0.836. The van der Waals surface area contributed by atoms with Crippen LogP contribution in [0, 0.1) is 0 Å². The number of hydrogen-bond acceptors (Lipinski definition) is 5. The SMILES string of the molecule is CCOc1ccc(CNCC2COC(C)(C)O2)cc1OC. The Kier molecular flexibility index (Phi) is 5.45. The fourth-order valence-electron chi connectivity index (χ4n) is 2.34. The van der Waals surface area contributed by atoms with Crippen LogP contribution in [0.5, 0.6) is 11.5 Å². The van der Waals surface area contributed by atoms with E-state index in [4.69, 9.17) is 18.9 Å². The molecule has 1 aromatic carbocycles. The number of benzene rings is 1. The lowest BCUT2D eigenvalue weighted by Crippen LogP contribution is -2.30. The Hall–Kier alpha value is -1.30. The molecule has 1 aromatic rings. The van der Waals surface area contributed by atoms with Gasteiger partial charge in [0.1, 0.15) is 0 Å². The van der Waals surface area contributed by atoms with Crippen molar-refractivity contribution < 1.29 is 18.9 Å². The first-order valence-corrected chi connectivity index (χ1v) is 7.36. The van der Waals surface area contributed by atoms with Crippen molar-refractivity contribution in [3.05, 3.63) is 23.8 Å². The molecule has 0 bridgehead atoms. The molecule has 21 heavy (non-hydrogen) atoms. The minimum absolute atomic E-state index is 0.101. The largest absolute Gasteiger partial charge is 0.493 e. The van der Waals surface area contributed by atoms with Gasteiger partial charge in [0.25, 0.3) is 0 Å². The molecule has 1 aliphatic heterocycles. The molecule has 1 fully saturated rings. The molecule has 1 unspecified atom stereocenters. The summed E-state index contributed by atoms with van der Waals surface area (Å²) in [4.78, 5) is 0. The number of nitrogens with one attached hydrogen (secondary N) is 1. The molecule has 2 rings (SSSR count). The van der Waals surface area contributed by atoms with E-state index in [1.807, 2.05) is 39.0 Å². The molecule has 1 atom stereocenters. The van der Waals surface area contributed by atoms with Crippen molar-refractivity contribution in [3.8, 4) is 11.5 Å². The first-order chi connectivity index (χ1) is 10.0. The standard InChI is InChI=1S/C16H25NO4/c1-5-19-14-7-6-12(8-15(14)18-4)9-17-10-13-11-20-16(2,3)21-13/h6-8,13,17H,5,9-11H2,1-4H3. The van der Waals surface area contributed by atoms with Crippen LogP contribution in [-0.2, 0) is 16.0 Å². The van der Waals surface area contributed by atoms with Gasteiger partial charge in [0.05, 0.1) is 26.4 Å². The van der Waals surface area contributed by atoms with E-state index in [0.717, 1.165) is 30.2 Å². The van der Waals surface area contributed by atoms with Crippen molar-refractivity contribution in [2.75, 3.05) is 26.9 Å². The van der Waals surface area contributed by atoms with Crippen molar-refractivity contribution >= 4 is 0 Å². The highest BCUT2D eigenvalue weighted by atomic mass is 16.7.